The van der Waals surface area contributed by atoms with Gasteiger partial charge in [0.15, 0.2) is 5.11 Å². The van der Waals surface area contributed by atoms with Crippen molar-refractivity contribution in [1.29, 1.82) is 0 Å². The summed E-state index contributed by atoms with van der Waals surface area (Å²) in [6.45, 7) is 2.52. The number of thiocarbonyl (C=S) groups is 1. The van der Waals surface area contributed by atoms with E-state index < -0.39 is 5.97 Å². The number of aryl methyl sites for hydroxylation is 1. The highest BCUT2D eigenvalue weighted by atomic mass is 32.1. The second kappa shape index (κ2) is 10.4. The minimum absolute atomic E-state index is 0.106. The molecule has 4 rings (SSSR count). The molecule has 1 saturated heterocycles. The molecular weight excluding hydrogens is 484 g/mol. The van der Waals surface area contributed by atoms with Crippen molar-refractivity contribution in [3.8, 4) is 0 Å². The number of likely N-dealkylation sites (N-methyl/N-ethyl adjacent to an activating group) is 1. The highest BCUT2D eigenvalue weighted by Gasteiger charge is 2.37. The smallest absolute Gasteiger partial charge is 0.325 e. The first kappa shape index (κ1) is 24.6. The summed E-state index contributed by atoms with van der Waals surface area (Å²) in [4.78, 5) is 41.6. The third kappa shape index (κ3) is 4.98. The third-order valence-electron chi connectivity index (χ3n) is 5.89. The molecule has 3 heterocycles. The zero-order valence-corrected chi connectivity index (χ0v) is 21.4. The molecule has 0 radical (unpaired) electrons. The molecule has 3 aromatic rings. The number of hydrogen-bond acceptors (Lipinski definition) is 6. The quantitative estimate of drug-likeness (QED) is 0.285. The molecule has 8 nitrogen and oxygen atoms in total. The molecule has 1 aliphatic heterocycles. The molecule has 1 aromatic carbocycles. The van der Waals surface area contributed by atoms with Gasteiger partial charge in [-0.1, -0.05) is 31.2 Å². The molecule has 182 valence electrons. The monoisotopic (exact) mass is 510 g/mol. The van der Waals surface area contributed by atoms with E-state index >= 15 is 0 Å². The van der Waals surface area contributed by atoms with E-state index in [9.17, 15) is 14.4 Å². The second-order valence-corrected chi connectivity index (χ2v) is 9.47. The summed E-state index contributed by atoms with van der Waals surface area (Å²) in [5.74, 6) is -0.912. The molecule has 2 aromatic heterocycles. The van der Waals surface area contributed by atoms with Crippen molar-refractivity contribution in [3.05, 3.63) is 63.6 Å². The van der Waals surface area contributed by atoms with Gasteiger partial charge in [-0.2, -0.15) is 0 Å². The molecular formula is C25H26N4O4S2. The number of hydrogen-bond donors (Lipinski definition) is 1. The zero-order chi connectivity index (χ0) is 25.1. The van der Waals surface area contributed by atoms with Crippen LogP contribution in [-0.2, 0) is 38.6 Å². The van der Waals surface area contributed by atoms with Gasteiger partial charge in [-0.15, -0.1) is 11.3 Å². The highest BCUT2D eigenvalue weighted by Crippen LogP contribution is 2.30. The van der Waals surface area contributed by atoms with E-state index in [-0.39, 0.29) is 35.7 Å². The van der Waals surface area contributed by atoms with Crippen molar-refractivity contribution in [3.63, 3.8) is 0 Å². The second-order valence-electron chi connectivity index (χ2n) is 8.07. The van der Waals surface area contributed by atoms with Gasteiger partial charge < -0.3 is 19.5 Å². The number of carbonyl (C=O) groups excluding carboxylic acids is 3. The van der Waals surface area contributed by atoms with E-state index in [1.54, 1.807) is 24.5 Å². The first-order valence-corrected chi connectivity index (χ1v) is 12.4. The van der Waals surface area contributed by atoms with Crippen LogP contribution in [0.2, 0.25) is 0 Å². The molecule has 1 N–H and O–H groups in total. The van der Waals surface area contributed by atoms with Crippen LogP contribution in [0.1, 0.15) is 22.9 Å². The number of fused-ring (bicyclic) bond motifs is 1. The fourth-order valence-electron chi connectivity index (χ4n) is 4.09. The minimum atomic E-state index is -0.501. The van der Waals surface area contributed by atoms with Crippen LogP contribution in [-0.4, -0.2) is 58.0 Å². The molecule has 1 aliphatic rings. The van der Waals surface area contributed by atoms with Gasteiger partial charge >= 0.3 is 5.97 Å². The maximum absolute atomic E-state index is 12.9. The molecule has 1 fully saturated rings. The van der Waals surface area contributed by atoms with Crippen molar-refractivity contribution in [2.24, 2.45) is 0 Å². The summed E-state index contributed by atoms with van der Waals surface area (Å²) in [6, 6.07) is 9.90. The highest BCUT2D eigenvalue weighted by molar-refractivity contribution is 7.80. The van der Waals surface area contributed by atoms with E-state index in [1.807, 2.05) is 46.5 Å². The molecule has 0 aliphatic carbocycles. The van der Waals surface area contributed by atoms with Gasteiger partial charge in [-0.3, -0.25) is 19.3 Å². The molecule has 0 saturated carbocycles. The number of nitrogens with zero attached hydrogens (tertiary/aromatic N) is 3. The van der Waals surface area contributed by atoms with Gasteiger partial charge in [-0.25, -0.2) is 0 Å². The summed E-state index contributed by atoms with van der Waals surface area (Å²) >= 11 is 6.98. The third-order valence-corrected chi connectivity index (χ3v) is 7.26. The first-order chi connectivity index (χ1) is 16.8. The Bertz CT molecular complexity index is 1330. The average molecular weight is 511 g/mol. The van der Waals surface area contributed by atoms with Crippen LogP contribution in [0.15, 0.2) is 47.6 Å². The number of carbonyl (C=O) groups is 3. The Morgan fingerprint density at radius 3 is 2.69 bits per heavy atom. The Hall–Kier alpha value is -3.50. The number of nitrogens with one attached hydrogen (secondary N) is 1. The van der Waals surface area contributed by atoms with Gasteiger partial charge in [0.2, 0.25) is 5.91 Å². The number of methoxy groups -OCH3 is 1. The van der Waals surface area contributed by atoms with Crippen molar-refractivity contribution in [1.82, 2.24) is 19.7 Å². The zero-order valence-electron chi connectivity index (χ0n) is 19.7. The molecule has 10 heteroatoms. The summed E-state index contributed by atoms with van der Waals surface area (Å²) in [5.41, 5.74) is 3.08. The van der Waals surface area contributed by atoms with Crippen LogP contribution in [0, 0.1) is 0 Å². The summed E-state index contributed by atoms with van der Waals surface area (Å²) in [7, 11) is 2.87. The Labute approximate surface area is 212 Å². The lowest BCUT2D eigenvalue weighted by Crippen LogP contribution is -2.33. The number of rotatable bonds is 8. The van der Waals surface area contributed by atoms with Gasteiger partial charge in [0, 0.05) is 29.1 Å². The number of benzene rings is 1. The van der Waals surface area contributed by atoms with Crippen LogP contribution in [0.3, 0.4) is 0 Å². The fraction of sp³-hybridized carbons (Fsp3) is 0.280. The standard InChI is InChI=1S/C25H26N4O4S2/c1-4-16-7-5-9-19-17(11-20-24(32)27(2)25(34)29(20)15-22(31)33-3)13-28(23(16)19)14-21(30)26-12-18-8-6-10-35-18/h5-11,13H,4,12,14-15H2,1-3H3,(H,26,30)/b20-11-. The van der Waals surface area contributed by atoms with E-state index in [0.717, 1.165) is 33.3 Å². The molecule has 35 heavy (non-hydrogen) atoms. The number of ether oxygens (including phenoxy) is 1. The van der Waals surface area contributed by atoms with E-state index in [0.29, 0.717) is 6.54 Å². The van der Waals surface area contributed by atoms with Crippen molar-refractivity contribution >= 4 is 63.4 Å². The largest absolute Gasteiger partial charge is 0.468 e. The maximum atomic E-state index is 12.9. The van der Waals surface area contributed by atoms with Crippen LogP contribution in [0.25, 0.3) is 17.0 Å². The maximum Gasteiger partial charge on any atom is 0.325 e. The van der Waals surface area contributed by atoms with Gasteiger partial charge in [0.25, 0.3) is 5.91 Å². The number of esters is 1. The van der Waals surface area contributed by atoms with Crippen LogP contribution in [0.5, 0.6) is 0 Å². The van der Waals surface area contributed by atoms with E-state index in [2.05, 4.69) is 12.2 Å². The molecule has 0 unspecified atom stereocenters. The Balaban J connectivity index is 1.71. The molecule has 0 bridgehead atoms. The summed E-state index contributed by atoms with van der Waals surface area (Å²) in [6.07, 6.45) is 4.38. The fourth-order valence-corrected chi connectivity index (χ4v) is 4.98. The van der Waals surface area contributed by atoms with Gasteiger partial charge in [-0.05, 0) is 41.7 Å². The van der Waals surface area contributed by atoms with E-state index in [1.165, 1.54) is 16.9 Å². The number of para-hydroxylation sites is 1. The Morgan fingerprint density at radius 1 is 1.20 bits per heavy atom. The van der Waals surface area contributed by atoms with Crippen LogP contribution >= 0.6 is 23.6 Å². The lowest BCUT2D eigenvalue weighted by molar-refractivity contribution is -0.140. The SMILES string of the molecule is CCc1cccc2c(/C=C3/C(=O)N(C)C(=S)N3CC(=O)OC)cn(CC(=O)NCc3cccs3)c12. The predicted octanol–water partition coefficient (Wildman–Crippen LogP) is 3.15. The van der Waals surface area contributed by atoms with Crippen molar-refractivity contribution in [2.45, 2.75) is 26.4 Å². The van der Waals surface area contributed by atoms with E-state index in [4.69, 9.17) is 17.0 Å². The summed E-state index contributed by atoms with van der Waals surface area (Å²) < 4.78 is 6.70. The number of aromatic nitrogens is 1. The van der Waals surface area contributed by atoms with Gasteiger partial charge in [0.1, 0.15) is 18.8 Å². The van der Waals surface area contributed by atoms with Crippen molar-refractivity contribution < 1.29 is 19.1 Å². The molecule has 0 spiro atoms. The first-order valence-electron chi connectivity index (χ1n) is 11.1. The predicted molar refractivity (Wildman–Crippen MR) is 140 cm³/mol. The lowest BCUT2D eigenvalue weighted by Gasteiger charge is -2.16. The topological polar surface area (TPSA) is 83.9 Å². The Morgan fingerprint density at radius 2 is 2.00 bits per heavy atom. The van der Waals surface area contributed by atoms with Gasteiger partial charge in [0.05, 0.1) is 19.2 Å². The van der Waals surface area contributed by atoms with Crippen LogP contribution in [0.4, 0.5) is 0 Å². The summed E-state index contributed by atoms with van der Waals surface area (Å²) in [5, 5.41) is 6.09. The normalized spacial score (nSPS) is 14.9. The average Bonchev–Trinajstić information content (AvgIpc) is 3.55. The number of thiophene rings is 1. The van der Waals surface area contributed by atoms with Crippen LogP contribution < -0.4 is 5.32 Å². The minimum Gasteiger partial charge on any atom is -0.468 e. The molecule has 2 amide bonds. The number of amides is 2. The lowest BCUT2D eigenvalue weighted by atomic mass is 10.1. The Kier molecular flexibility index (Phi) is 7.32. The molecule has 0 atom stereocenters. The van der Waals surface area contributed by atoms with Crippen molar-refractivity contribution in [2.75, 3.05) is 20.7 Å².